The number of aliphatic hydroxyl groups excluding tert-OH is 1. The Labute approximate surface area is 109 Å². The molecule has 1 aromatic carbocycles. The number of furan rings is 1. The summed E-state index contributed by atoms with van der Waals surface area (Å²) in [6, 6.07) is 7.91. The molecule has 2 rings (SSSR count). The zero-order chi connectivity index (χ0) is 12.4. The third kappa shape index (κ3) is 2.45. The molecule has 0 aliphatic heterocycles. The minimum atomic E-state index is -0.0594. The lowest BCUT2D eigenvalue weighted by atomic mass is 10.0. The normalized spacial score (nSPS) is 10.8. The van der Waals surface area contributed by atoms with Crippen LogP contribution in [0.5, 0.6) is 0 Å². The summed E-state index contributed by atoms with van der Waals surface area (Å²) in [7, 11) is 0. The highest BCUT2D eigenvalue weighted by Crippen LogP contribution is 2.30. The van der Waals surface area contributed by atoms with Crippen LogP contribution in [-0.4, -0.2) is 5.11 Å². The molecular weight excluding hydrogens is 280 g/mol. The zero-order valence-corrected chi connectivity index (χ0v) is 11.5. The van der Waals surface area contributed by atoms with E-state index in [1.54, 1.807) is 6.07 Å². The Hall–Kier alpha value is -1.06. The molecule has 17 heavy (non-hydrogen) atoms. The zero-order valence-electron chi connectivity index (χ0n) is 9.96. The number of benzene rings is 1. The van der Waals surface area contributed by atoms with Gasteiger partial charge in [-0.15, -0.1) is 0 Å². The third-order valence-electron chi connectivity index (χ3n) is 2.81. The van der Waals surface area contributed by atoms with Crippen LogP contribution in [-0.2, 0) is 13.0 Å². The number of aryl methyl sites for hydroxylation is 2. The van der Waals surface area contributed by atoms with Gasteiger partial charge in [-0.3, -0.25) is 0 Å². The first-order valence-electron chi connectivity index (χ1n) is 5.64. The Balaban J connectivity index is 2.48. The van der Waals surface area contributed by atoms with Crippen molar-refractivity contribution in [2.75, 3.05) is 0 Å². The van der Waals surface area contributed by atoms with E-state index in [1.165, 1.54) is 11.1 Å². The molecule has 1 N–H and O–H groups in total. The van der Waals surface area contributed by atoms with E-state index in [0.717, 1.165) is 22.2 Å². The van der Waals surface area contributed by atoms with E-state index in [1.807, 2.05) is 6.07 Å². The number of rotatable bonds is 3. The Bertz CT molecular complexity index is 529. The molecule has 90 valence electrons. The Morgan fingerprint density at radius 1 is 1.29 bits per heavy atom. The van der Waals surface area contributed by atoms with Crippen molar-refractivity contribution in [1.29, 1.82) is 0 Å². The maximum absolute atomic E-state index is 9.00. The molecule has 0 bridgehead atoms. The molecule has 0 fully saturated rings. The first-order chi connectivity index (χ1) is 8.15. The monoisotopic (exact) mass is 294 g/mol. The van der Waals surface area contributed by atoms with Crippen LogP contribution in [0.25, 0.3) is 11.3 Å². The van der Waals surface area contributed by atoms with Crippen LogP contribution >= 0.6 is 15.9 Å². The first-order valence-corrected chi connectivity index (χ1v) is 6.44. The molecule has 0 saturated carbocycles. The predicted octanol–water partition coefficient (Wildman–Crippen LogP) is 4.07. The van der Waals surface area contributed by atoms with Crippen molar-refractivity contribution >= 4 is 15.9 Å². The van der Waals surface area contributed by atoms with Crippen LogP contribution in [0.15, 0.2) is 33.2 Å². The lowest BCUT2D eigenvalue weighted by molar-refractivity contribution is 0.248. The van der Waals surface area contributed by atoms with Gasteiger partial charge in [0, 0.05) is 10.0 Å². The highest BCUT2D eigenvalue weighted by Gasteiger charge is 2.09. The summed E-state index contributed by atoms with van der Waals surface area (Å²) in [4.78, 5) is 0. The van der Waals surface area contributed by atoms with Gasteiger partial charge in [-0.2, -0.15) is 0 Å². The van der Waals surface area contributed by atoms with Crippen LogP contribution in [0.2, 0.25) is 0 Å². The summed E-state index contributed by atoms with van der Waals surface area (Å²) in [5, 5.41) is 9.00. The highest BCUT2D eigenvalue weighted by molar-refractivity contribution is 9.10. The second-order valence-electron chi connectivity index (χ2n) is 4.04. The molecule has 0 aliphatic rings. The van der Waals surface area contributed by atoms with Gasteiger partial charge in [0.1, 0.15) is 18.1 Å². The van der Waals surface area contributed by atoms with Gasteiger partial charge in [-0.1, -0.05) is 22.9 Å². The number of halogens is 1. The van der Waals surface area contributed by atoms with Gasteiger partial charge in [-0.25, -0.2) is 0 Å². The van der Waals surface area contributed by atoms with E-state index in [0.29, 0.717) is 5.76 Å². The predicted molar refractivity (Wildman–Crippen MR) is 71.9 cm³/mol. The fourth-order valence-electron chi connectivity index (χ4n) is 1.86. The van der Waals surface area contributed by atoms with E-state index >= 15 is 0 Å². The molecule has 0 radical (unpaired) electrons. The van der Waals surface area contributed by atoms with Crippen LogP contribution in [0, 0.1) is 6.92 Å². The molecule has 1 heterocycles. The summed E-state index contributed by atoms with van der Waals surface area (Å²) in [5.74, 6) is 1.40. The lowest BCUT2D eigenvalue weighted by Crippen LogP contribution is -1.88. The van der Waals surface area contributed by atoms with Gasteiger partial charge in [0.15, 0.2) is 0 Å². The largest absolute Gasteiger partial charge is 0.459 e. The van der Waals surface area contributed by atoms with E-state index in [4.69, 9.17) is 9.52 Å². The molecular formula is C14H15BrO2. The fraction of sp³-hybridized carbons (Fsp3) is 0.286. The van der Waals surface area contributed by atoms with Crippen molar-refractivity contribution in [3.63, 3.8) is 0 Å². The average Bonchev–Trinajstić information content (AvgIpc) is 2.81. The summed E-state index contributed by atoms with van der Waals surface area (Å²) in [6.45, 7) is 4.14. The summed E-state index contributed by atoms with van der Waals surface area (Å²) < 4.78 is 6.71. The Morgan fingerprint density at radius 3 is 2.65 bits per heavy atom. The second-order valence-corrected chi connectivity index (χ2v) is 4.84. The standard InChI is InChI=1S/C14H15BrO2/c1-3-10-7-11(6-9(2)14(10)15)13-5-4-12(8-16)17-13/h4-7,16H,3,8H2,1-2H3. The van der Waals surface area contributed by atoms with E-state index < -0.39 is 0 Å². The Morgan fingerprint density at radius 2 is 2.06 bits per heavy atom. The van der Waals surface area contributed by atoms with Gasteiger partial charge >= 0.3 is 0 Å². The SMILES string of the molecule is CCc1cc(-c2ccc(CO)o2)cc(C)c1Br. The summed E-state index contributed by atoms with van der Waals surface area (Å²) in [6.07, 6.45) is 0.975. The fourth-order valence-corrected chi connectivity index (χ4v) is 2.37. The third-order valence-corrected chi connectivity index (χ3v) is 3.95. The maximum Gasteiger partial charge on any atom is 0.134 e. The maximum atomic E-state index is 9.00. The van der Waals surface area contributed by atoms with Crippen molar-refractivity contribution < 1.29 is 9.52 Å². The summed E-state index contributed by atoms with van der Waals surface area (Å²) in [5.41, 5.74) is 3.52. The van der Waals surface area contributed by atoms with Crippen LogP contribution < -0.4 is 0 Å². The van der Waals surface area contributed by atoms with Gasteiger partial charge < -0.3 is 9.52 Å². The van der Waals surface area contributed by atoms with Crippen LogP contribution in [0.4, 0.5) is 0 Å². The van der Waals surface area contributed by atoms with Gasteiger partial charge in [0.25, 0.3) is 0 Å². The molecule has 0 spiro atoms. The highest BCUT2D eigenvalue weighted by atomic mass is 79.9. The van der Waals surface area contributed by atoms with E-state index in [2.05, 4.69) is 41.9 Å². The van der Waals surface area contributed by atoms with E-state index in [9.17, 15) is 0 Å². The van der Waals surface area contributed by atoms with Crippen LogP contribution in [0.1, 0.15) is 23.8 Å². The minimum Gasteiger partial charge on any atom is -0.459 e. The molecule has 0 saturated heterocycles. The van der Waals surface area contributed by atoms with E-state index in [-0.39, 0.29) is 6.61 Å². The molecule has 0 aliphatic carbocycles. The molecule has 1 aromatic heterocycles. The number of hydrogen-bond acceptors (Lipinski definition) is 2. The van der Waals surface area contributed by atoms with Crippen molar-refractivity contribution in [3.8, 4) is 11.3 Å². The van der Waals surface area contributed by atoms with Crippen molar-refractivity contribution in [1.82, 2.24) is 0 Å². The lowest BCUT2D eigenvalue weighted by Gasteiger charge is -2.08. The Kier molecular flexibility index (Phi) is 3.69. The molecule has 0 amide bonds. The first kappa shape index (κ1) is 12.4. The smallest absolute Gasteiger partial charge is 0.134 e. The molecule has 2 aromatic rings. The van der Waals surface area contributed by atoms with Crippen molar-refractivity contribution in [2.45, 2.75) is 26.9 Å². The molecule has 0 unspecified atom stereocenters. The summed E-state index contributed by atoms with van der Waals surface area (Å²) >= 11 is 3.60. The number of aliphatic hydroxyl groups is 1. The quantitative estimate of drug-likeness (QED) is 0.926. The number of hydrogen-bond donors (Lipinski definition) is 1. The van der Waals surface area contributed by atoms with Crippen molar-refractivity contribution in [2.24, 2.45) is 0 Å². The van der Waals surface area contributed by atoms with Gasteiger partial charge in [0.05, 0.1) is 0 Å². The van der Waals surface area contributed by atoms with Gasteiger partial charge in [0.2, 0.25) is 0 Å². The van der Waals surface area contributed by atoms with Crippen LogP contribution in [0.3, 0.4) is 0 Å². The molecule has 3 heteroatoms. The average molecular weight is 295 g/mol. The minimum absolute atomic E-state index is 0.0594. The molecule has 0 atom stereocenters. The van der Waals surface area contributed by atoms with Crippen molar-refractivity contribution in [3.05, 3.63) is 45.6 Å². The topological polar surface area (TPSA) is 33.4 Å². The van der Waals surface area contributed by atoms with Gasteiger partial charge in [-0.05, 0) is 48.7 Å². The second kappa shape index (κ2) is 5.07. The molecule has 2 nitrogen and oxygen atoms in total.